The van der Waals surface area contributed by atoms with Gasteiger partial charge in [-0.3, -0.25) is 4.79 Å². The molecule has 4 nitrogen and oxygen atoms in total. The van der Waals surface area contributed by atoms with Crippen molar-refractivity contribution in [1.82, 2.24) is 4.98 Å². The Morgan fingerprint density at radius 2 is 2.15 bits per heavy atom. The normalized spacial score (nSPS) is 10.3. The van der Waals surface area contributed by atoms with Crippen molar-refractivity contribution in [3.8, 4) is 0 Å². The molecule has 0 unspecified atom stereocenters. The highest BCUT2D eigenvalue weighted by Gasteiger charge is 2.08. The maximum Gasteiger partial charge on any atom is 0.234 e. The number of carbonyl (C=O) groups is 1. The number of nitrogens with zero attached hydrogens (tertiary/aromatic N) is 1. The van der Waals surface area contributed by atoms with Gasteiger partial charge in [0.1, 0.15) is 5.03 Å². The smallest absolute Gasteiger partial charge is 0.234 e. The third-order valence-corrected chi connectivity index (χ3v) is 4.52. The van der Waals surface area contributed by atoms with Gasteiger partial charge in [-0.1, -0.05) is 27.7 Å². The maximum absolute atomic E-state index is 11.9. The van der Waals surface area contributed by atoms with E-state index in [4.69, 9.17) is 5.73 Å². The fourth-order valence-corrected chi connectivity index (χ4v) is 3.29. The molecule has 1 aromatic heterocycles. The zero-order valence-corrected chi connectivity index (χ0v) is 14.3. The quantitative estimate of drug-likeness (QED) is 0.741. The molecule has 1 heterocycles. The lowest BCUT2D eigenvalue weighted by Crippen LogP contribution is -2.14. The zero-order chi connectivity index (χ0) is 14.5. The van der Waals surface area contributed by atoms with Crippen LogP contribution in [0, 0.1) is 0 Å². The molecular weight excluding hydrogens is 406 g/mol. The molecule has 0 bridgehead atoms. The molecule has 7 heteroatoms. The second kappa shape index (κ2) is 7.10. The predicted octanol–water partition coefficient (Wildman–Crippen LogP) is 3.92. The van der Waals surface area contributed by atoms with Crippen LogP contribution in [0.2, 0.25) is 0 Å². The monoisotopic (exact) mass is 415 g/mol. The second-order valence-electron chi connectivity index (χ2n) is 3.86. The first-order valence-electron chi connectivity index (χ1n) is 5.64. The zero-order valence-electron chi connectivity index (χ0n) is 10.3. The number of amides is 1. The van der Waals surface area contributed by atoms with E-state index in [2.05, 4.69) is 42.2 Å². The summed E-state index contributed by atoms with van der Waals surface area (Å²) in [6.07, 6.45) is 1.65. The molecule has 0 spiro atoms. The van der Waals surface area contributed by atoms with Crippen molar-refractivity contribution in [1.29, 1.82) is 0 Å². The molecule has 0 aliphatic heterocycles. The Labute approximate surface area is 137 Å². The van der Waals surface area contributed by atoms with E-state index in [0.29, 0.717) is 10.7 Å². The number of hydrogen-bond donors (Lipinski definition) is 2. The van der Waals surface area contributed by atoms with Gasteiger partial charge in [-0.05, 0) is 46.3 Å². The van der Waals surface area contributed by atoms with Gasteiger partial charge in [-0.25, -0.2) is 4.98 Å². The SMILES string of the molecule is Nc1cccnc1SCC(=O)Nc1ccc(Br)cc1Br. The molecule has 2 rings (SSSR count). The largest absolute Gasteiger partial charge is 0.397 e. The minimum Gasteiger partial charge on any atom is -0.397 e. The van der Waals surface area contributed by atoms with E-state index in [1.54, 1.807) is 18.3 Å². The van der Waals surface area contributed by atoms with Gasteiger partial charge in [-0.15, -0.1) is 0 Å². The number of aromatic nitrogens is 1. The number of halogens is 2. The van der Waals surface area contributed by atoms with Crippen LogP contribution in [-0.4, -0.2) is 16.6 Å². The van der Waals surface area contributed by atoms with Gasteiger partial charge < -0.3 is 11.1 Å². The lowest BCUT2D eigenvalue weighted by molar-refractivity contribution is -0.113. The highest BCUT2D eigenvalue weighted by atomic mass is 79.9. The van der Waals surface area contributed by atoms with E-state index >= 15 is 0 Å². The lowest BCUT2D eigenvalue weighted by atomic mass is 10.3. The van der Waals surface area contributed by atoms with E-state index < -0.39 is 0 Å². The van der Waals surface area contributed by atoms with E-state index in [0.717, 1.165) is 14.6 Å². The Balaban J connectivity index is 1.94. The Hall–Kier alpha value is -1.05. The molecule has 0 aliphatic carbocycles. The second-order valence-corrected chi connectivity index (χ2v) is 6.59. The molecule has 104 valence electrons. The van der Waals surface area contributed by atoms with Crippen LogP contribution in [0.4, 0.5) is 11.4 Å². The summed E-state index contributed by atoms with van der Waals surface area (Å²) in [4.78, 5) is 16.0. The Morgan fingerprint density at radius 3 is 2.85 bits per heavy atom. The number of nitrogen functional groups attached to an aromatic ring is 1. The van der Waals surface area contributed by atoms with Gasteiger partial charge in [0, 0.05) is 15.1 Å². The standard InChI is InChI=1S/C13H11Br2N3OS/c14-8-3-4-11(9(15)6-8)18-12(19)7-20-13-10(16)2-1-5-17-13/h1-6H,7,16H2,(H,18,19). The molecule has 0 saturated carbocycles. The lowest BCUT2D eigenvalue weighted by Gasteiger charge is -2.08. The molecule has 0 fully saturated rings. The average Bonchev–Trinajstić information content (AvgIpc) is 2.41. The molecule has 0 radical (unpaired) electrons. The molecule has 2 aromatic rings. The molecule has 1 amide bonds. The van der Waals surface area contributed by atoms with Gasteiger partial charge in [0.25, 0.3) is 0 Å². The highest BCUT2D eigenvalue weighted by Crippen LogP contribution is 2.27. The Bertz CT molecular complexity index is 637. The predicted molar refractivity (Wildman–Crippen MR) is 89.8 cm³/mol. The third-order valence-electron chi connectivity index (χ3n) is 2.35. The number of nitrogens with two attached hydrogens (primary N) is 1. The van der Waals surface area contributed by atoms with Gasteiger partial charge in [0.05, 0.1) is 17.1 Å². The summed E-state index contributed by atoms with van der Waals surface area (Å²) < 4.78 is 1.76. The van der Waals surface area contributed by atoms with Gasteiger partial charge in [0.15, 0.2) is 0 Å². The summed E-state index contributed by atoms with van der Waals surface area (Å²) in [5, 5.41) is 3.50. The maximum atomic E-state index is 11.9. The van der Waals surface area contributed by atoms with Crippen LogP contribution in [0.3, 0.4) is 0 Å². The van der Waals surface area contributed by atoms with E-state index in [1.165, 1.54) is 11.8 Å². The van der Waals surface area contributed by atoms with Crippen LogP contribution in [0.15, 0.2) is 50.5 Å². The Kier molecular flexibility index (Phi) is 5.45. The van der Waals surface area contributed by atoms with Gasteiger partial charge in [0.2, 0.25) is 5.91 Å². The van der Waals surface area contributed by atoms with Crippen molar-refractivity contribution < 1.29 is 4.79 Å². The van der Waals surface area contributed by atoms with Crippen molar-refractivity contribution >= 4 is 60.9 Å². The van der Waals surface area contributed by atoms with Crippen LogP contribution in [0.1, 0.15) is 0 Å². The minimum absolute atomic E-state index is 0.108. The minimum atomic E-state index is -0.108. The summed E-state index contributed by atoms with van der Waals surface area (Å²) in [6.45, 7) is 0. The summed E-state index contributed by atoms with van der Waals surface area (Å²) in [7, 11) is 0. The number of carbonyl (C=O) groups excluding carboxylic acids is 1. The molecule has 3 N–H and O–H groups in total. The number of nitrogens with one attached hydrogen (secondary N) is 1. The van der Waals surface area contributed by atoms with Gasteiger partial charge >= 0.3 is 0 Å². The summed E-state index contributed by atoms with van der Waals surface area (Å²) in [5.41, 5.74) is 7.08. The molecule has 1 aromatic carbocycles. The number of anilines is 2. The average molecular weight is 417 g/mol. The summed E-state index contributed by atoms with van der Waals surface area (Å²) in [6, 6.07) is 9.09. The molecule has 0 atom stereocenters. The fourth-order valence-electron chi connectivity index (χ4n) is 1.43. The van der Waals surface area contributed by atoms with Crippen LogP contribution in [0.25, 0.3) is 0 Å². The summed E-state index contributed by atoms with van der Waals surface area (Å²) in [5.74, 6) is 0.145. The van der Waals surface area contributed by atoms with Crippen molar-refractivity contribution in [3.63, 3.8) is 0 Å². The van der Waals surface area contributed by atoms with Crippen LogP contribution >= 0.6 is 43.6 Å². The highest BCUT2D eigenvalue weighted by molar-refractivity contribution is 9.11. The number of benzene rings is 1. The first kappa shape index (κ1) is 15.3. The Morgan fingerprint density at radius 1 is 1.35 bits per heavy atom. The molecule has 0 saturated heterocycles. The molecule has 0 aliphatic rings. The molecular formula is C13H11Br2N3OS. The van der Waals surface area contributed by atoms with Crippen molar-refractivity contribution in [2.75, 3.05) is 16.8 Å². The summed E-state index contributed by atoms with van der Waals surface area (Å²) >= 11 is 8.07. The van der Waals surface area contributed by atoms with Crippen molar-refractivity contribution in [3.05, 3.63) is 45.5 Å². The number of hydrogen-bond acceptors (Lipinski definition) is 4. The van der Waals surface area contributed by atoms with Crippen molar-refractivity contribution in [2.45, 2.75) is 5.03 Å². The molecule has 20 heavy (non-hydrogen) atoms. The van der Waals surface area contributed by atoms with Crippen LogP contribution in [0.5, 0.6) is 0 Å². The first-order chi connectivity index (χ1) is 9.56. The topological polar surface area (TPSA) is 68.0 Å². The number of rotatable bonds is 4. The number of pyridine rings is 1. The fraction of sp³-hybridized carbons (Fsp3) is 0.0769. The van der Waals surface area contributed by atoms with Gasteiger partial charge in [-0.2, -0.15) is 0 Å². The van der Waals surface area contributed by atoms with Crippen molar-refractivity contribution in [2.24, 2.45) is 0 Å². The van der Waals surface area contributed by atoms with E-state index in [1.807, 2.05) is 18.2 Å². The van der Waals surface area contributed by atoms with Crippen LogP contribution in [-0.2, 0) is 4.79 Å². The van der Waals surface area contributed by atoms with E-state index in [9.17, 15) is 4.79 Å². The number of thioether (sulfide) groups is 1. The van der Waals surface area contributed by atoms with Crippen LogP contribution < -0.4 is 11.1 Å². The third kappa shape index (κ3) is 4.22. The van der Waals surface area contributed by atoms with E-state index in [-0.39, 0.29) is 11.7 Å². The first-order valence-corrected chi connectivity index (χ1v) is 8.21.